The van der Waals surface area contributed by atoms with Crippen molar-refractivity contribution in [3.8, 4) is 11.1 Å². The second-order valence-electron chi connectivity index (χ2n) is 7.22. The first-order chi connectivity index (χ1) is 15.7. The van der Waals surface area contributed by atoms with Crippen LogP contribution < -0.4 is 0 Å². The molecule has 33 heavy (non-hydrogen) atoms. The number of carboxylic acid groups (broad SMARTS) is 1. The van der Waals surface area contributed by atoms with Crippen molar-refractivity contribution in [1.29, 1.82) is 0 Å². The normalized spacial score (nSPS) is 11.5. The number of alkyl halides is 3. The molecule has 1 N–H and O–H groups in total. The molecule has 9 heteroatoms. The number of esters is 1. The molecule has 0 saturated heterocycles. The summed E-state index contributed by atoms with van der Waals surface area (Å²) >= 11 is 0. The fourth-order valence-electron chi connectivity index (χ4n) is 3.52. The quantitative estimate of drug-likeness (QED) is 0.412. The Labute approximate surface area is 185 Å². The molecule has 0 amide bonds. The van der Waals surface area contributed by atoms with Gasteiger partial charge in [-0.05, 0) is 34.9 Å². The number of hydrogen-bond acceptors (Lipinski definition) is 4. The van der Waals surface area contributed by atoms with Crippen molar-refractivity contribution in [2.45, 2.75) is 19.3 Å². The van der Waals surface area contributed by atoms with Crippen LogP contribution in [0, 0.1) is 0 Å². The summed E-state index contributed by atoms with van der Waals surface area (Å²) in [4.78, 5) is 26.9. The third kappa shape index (κ3) is 4.72. The molecule has 0 aliphatic heterocycles. The largest absolute Gasteiger partial charge is 0.490 e. The highest BCUT2D eigenvalue weighted by Gasteiger charge is 2.41. The SMILES string of the molecule is O=C(O)c1ccccc1-c1ccc(Cn2c(COC(=O)C(F)(F)F)nc3ccccc32)cc1. The topological polar surface area (TPSA) is 81.4 Å². The molecule has 0 unspecified atom stereocenters. The standard InChI is InChI=1S/C24H17F3N2O4/c25-24(26,27)23(32)33-14-21-28-19-7-3-4-8-20(19)29(21)13-15-9-11-16(12-10-15)17-5-1-2-6-18(17)22(30)31/h1-12H,13-14H2,(H,30,31). The van der Waals surface area contributed by atoms with E-state index in [-0.39, 0.29) is 17.9 Å². The number of aromatic nitrogens is 2. The van der Waals surface area contributed by atoms with E-state index in [2.05, 4.69) is 9.72 Å². The molecular formula is C24H17F3N2O4. The highest BCUT2D eigenvalue weighted by Crippen LogP contribution is 2.26. The van der Waals surface area contributed by atoms with E-state index < -0.39 is 24.7 Å². The van der Waals surface area contributed by atoms with Crippen molar-refractivity contribution in [3.63, 3.8) is 0 Å². The van der Waals surface area contributed by atoms with Gasteiger partial charge in [-0.25, -0.2) is 14.6 Å². The molecule has 0 aliphatic carbocycles. The number of benzene rings is 3. The lowest BCUT2D eigenvalue weighted by molar-refractivity contribution is -0.201. The van der Waals surface area contributed by atoms with Crippen LogP contribution in [0.3, 0.4) is 0 Å². The molecule has 168 valence electrons. The molecule has 0 bridgehead atoms. The van der Waals surface area contributed by atoms with Crippen LogP contribution >= 0.6 is 0 Å². The van der Waals surface area contributed by atoms with Gasteiger partial charge in [0.1, 0.15) is 12.4 Å². The second-order valence-corrected chi connectivity index (χ2v) is 7.22. The van der Waals surface area contributed by atoms with Gasteiger partial charge in [0.05, 0.1) is 16.6 Å². The van der Waals surface area contributed by atoms with Gasteiger partial charge < -0.3 is 14.4 Å². The van der Waals surface area contributed by atoms with E-state index in [0.717, 1.165) is 5.56 Å². The highest BCUT2D eigenvalue weighted by molar-refractivity contribution is 5.96. The Bertz CT molecular complexity index is 1330. The number of carbonyl (C=O) groups excluding carboxylic acids is 1. The monoisotopic (exact) mass is 454 g/mol. The number of rotatable bonds is 6. The number of aromatic carboxylic acids is 1. The van der Waals surface area contributed by atoms with Gasteiger partial charge in [-0.1, -0.05) is 54.6 Å². The number of carboxylic acids is 1. The van der Waals surface area contributed by atoms with Crippen molar-refractivity contribution < 1.29 is 32.6 Å². The zero-order valence-corrected chi connectivity index (χ0v) is 17.0. The molecule has 1 aromatic heterocycles. The highest BCUT2D eigenvalue weighted by atomic mass is 19.4. The molecule has 1 heterocycles. The molecule has 0 atom stereocenters. The van der Waals surface area contributed by atoms with Gasteiger partial charge in [-0.15, -0.1) is 0 Å². The summed E-state index contributed by atoms with van der Waals surface area (Å²) in [5.41, 5.74) is 3.51. The van der Waals surface area contributed by atoms with Crippen LogP contribution in [0.15, 0.2) is 72.8 Å². The summed E-state index contributed by atoms with van der Waals surface area (Å²) in [7, 11) is 0. The van der Waals surface area contributed by atoms with Gasteiger partial charge in [-0.3, -0.25) is 0 Å². The van der Waals surface area contributed by atoms with Gasteiger partial charge in [0, 0.05) is 6.54 Å². The van der Waals surface area contributed by atoms with Gasteiger partial charge in [0.2, 0.25) is 0 Å². The predicted octanol–water partition coefficient (Wildman–Crippen LogP) is 5.06. The predicted molar refractivity (Wildman–Crippen MR) is 114 cm³/mol. The minimum atomic E-state index is -5.08. The van der Waals surface area contributed by atoms with E-state index >= 15 is 0 Å². The first kappa shape index (κ1) is 22.1. The third-order valence-electron chi connectivity index (χ3n) is 5.06. The zero-order chi connectivity index (χ0) is 23.6. The van der Waals surface area contributed by atoms with Crippen molar-refractivity contribution in [2.75, 3.05) is 0 Å². The molecular weight excluding hydrogens is 437 g/mol. The maximum atomic E-state index is 12.5. The van der Waals surface area contributed by atoms with Crippen LogP contribution in [0.2, 0.25) is 0 Å². The lowest BCUT2D eigenvalue weighted by atomic mass is 9.99. The van der Waals surface area contributed by atoms with Crippen LogP contribution in [0.1, 0.15) is 21.7 Å². The smallest absolute Gasteiger partial charge is 0.478 e. The lowest BCUT2D eigenvalue weighted by Crippen LogP contribution is -2.25. The summed E-state index contributed by atoms with van der Waals surface area (Å²) in [5, 5.41) is 9.41. The first-order valence-corrected chi connectivity index (χ1v) is 9.84. The fourth-order valence-corrected chi connectivity index (χ4v) is 3.52. The Hall–Kier alpha value is -4.14. The number of halogens is 3. The molecule has 0 aliphatic rings. The number of ether oxygens (including phenoxy) is 1. The summed E-state index contributed by atoms with van der Waals surface area (Å²) in [5.74, 6) is -3.13. The Morgan fingerprint density at radius 1 is 0.939 bits per heavy atom. The van der Waals surface area contributed by atoms with E-state index in [1.165, 1.54) is 6.07 Å². The molecule has 0 radical (unpaired) electrons. The van der Waals surface area contributed by atoms with E-state index in [1.807, 2.05) is 0 Å². The van der Waals surface area contributed by atoms with Crippen molar-refractivity contribution in [3.05, 3.63) is 89.7 Å². The molecule has 4 aromatic rings. The maximum absolute atomic E-state index is 12.5. The van der Waals surface area contributed by atoms with Crippen LogP contribution in [0.25, 0.3) is 22.2 Å². The Balaban J connectivity index is 1.63. The zero-order valence-electron chi connectivity index (χ0n) is 17.0. The maximum Gasteiger partial charge on any atom is 0.490 e. The number of fused-ring (bicyclic) bond motifs is 1. The van der Waals surface area contributed by atoms with E-state index in [4.69, 9.17) is 0 Å². The minimum Gasteiger partial charge on any atom is -0.478 e. The molecule has 0 fully saturated rings. The van der Waals surface area contributed by atoms with Gasteiger partial charge >= 0.3 is 18.1 Å². The van der Waals surface area contributed by atoms with Crippen molar-refractivity contribution >= 4 is 23.0 Å². The molecule has 0 saturated carbocycles. The Kier molecular flexibility index (Phi) is 5.87. The fraction of sp³-hybridized carbons (Fsp3) is 0.125. The average Bonchev–Trinajstić information content (AvgIpc) is 3.14. The summed E-state index contributed by atoms with van der Waals surface area (Å²) in [6.07, 6.45) is -5.08. The van der Waals surface area contributed by atoms with Gasteiger partial charge in [0.15, 0.2) is 0 Å². The van der Waals surface area contributed by atoms with Crippen LogP contribution in [-0.4, -0.2) is 32.8 Å². The molecule has 6 nitrogen and oxygen atoms in total. The number of para-hydroxylation sites is 2. The first-order valence-electron chi connectivity index (χ1n) is 9.84. The second kappa shape index (κ2) is 8.78. The minimum absolute atomic E-state index is 0.175. The number of imidazole rings is 1. The van der Waals surface area contributed by atoms with Crippen molar-refractivity contribution in [1.82, 2.24) is 9.55 Å². The Morgan fingerprint density at radius 2 is 1.61 bits per heavy atom. The van der Waals surface area contributed by atoms with Crippen LogP contribution in [0.4, 0.5) is 13.2 Å². The molecule has 3 aromatic carbocycles. The summed E-state index contributed by atoms with van der Waals surface area (Å²) < 4.78 is 43.7. The average molecular weight is 454 g/mol. The van der Waals surface area contributed by atoms with Gasteiger partial charge in [-0.2, -0.15) is 13.2 Å². The van der Waals surface area contributed by atoms with E-state index in [9.17, 15) is 27.9 Å². The van der Waals surface area contributed by atoms with E-state index in [1.54, 1.807) is 71.3 Å². The van der Waals surface area contributed by atoms with E-state index in [0.29, 0.717) is 22.2 Å². The summed E-state index contributed by atoms with van der Waals surface area (Å²) in [6, 6.07) is 20.8. The number of carbonyl (C=O) groups is 2. The third-order valence-corrected chi connectivity index (χ3v) is 5.06. The number of hydrogen-bond donors (Lipinski definition) is 1. The number of nitrogens with zero attached hydrogens (tertiary/aromatic N) is 2. The summed E-state index contributed by atoms with van der Waals surface area (Å²) in [6.45, 7) is -0.364. The Morgan fingerprint density at radius 3 is 2.30 bits per heavy atom. The van der Waals surface area contributed by atoms with Crippen molar-refractivity contribution in [2.24, 2.45) is 0 Å². The van der Waals surface area contributed by atoms with Gasteiger partial charge in [0.25, 0.3) is 0 Å². The van der Waals surface area contributed by atoms with Crippen LogP contribution in [0.5, 0.6) is 0 Å². The molecule has 0 spiro atoms. The van der Waals surface area contributed by atoms with Crippen LogP contribution in [-0.2, 0) is 22.7 Å². The molecule has 4 rings (SSSR count). The lowest BCUT2D eigenvalue weighted by Gasteiger charge is -2.12.